The Morgan fingerprint density at radius 2 is 1.88 bits per heavy atom. The zero-order chi connectivity index (χ0) is 15.9. The van der Waals surface area contributed by atoms with Gasteiger partial charge in [0.1, 0.15) is 5.84 Å². The number of aromatic nitrogens is 2. The third kappa shape index (κ3) is 2.21. The van der Waals surface area contributed by atoms with Crippen LogP contribution in [-0.2, 0) is 6.54 Å². The van der Waals surface area contributed by atoms with Crippen LogP contribution in [0.5, 0.6) is 0 Å². The van der Waals surface area contributed by atoms with Gasteiger partial charge in [0, 0.05) is 43.0 Å². The first-order chi connectivity index (χ1) is 11.9. The second-order valence-electron chi connectivity index (χ2n) is 6.81. The minimum absolute atomic E-state index is 0.732. The van der Waals surface area contributed by atoms with Crippen molar-refractivity contribution in [2.45, 2.75) is 19.4 Å². The Morgan fingerprint density at radius 3 is 2.67 bits per heavy atom. The highest BCUT2D eigenvalue weighted by molar-refractivity contribution is 6.18. The molecule has 2 aromatic carbocycles. The van der Waals surface area contributed by atoms with Crippen molar-refractivity contribution in [2.75, 3.05) is 13.1 Å². The number of piperidine rings is 1. The molecule has 3 heterocycles. The molecule has 4 nitrogen and oxygen atoms in total. The second-order valence-corrected chi connectivity index (χ2v) is 6.81. The van der Waals surface area contributed by atoms with Crippen molar-refractivity contribution in [3.05, 3.63) is 60.7 Å². The molecular formula is C20H20N4. The summed E-state index contributed by atoms with van der Waals surface area (Å²) in [4.78, 5) is 11.6. The van der Waals surface area contributed by atoms with Crippen LogP contribution >= 0.6 is 0 Å². The maximum Gasteiger partial charge on any atom is 0.137 e. The molecule has 24 heavy (non-hydrogen) atoms. The smallest absolute Gasteiger partial charge is 0.137 e. The molecule has 4 heteroatoms. The number of nitrogens with zero attached hydrogens (tertiary/aromatic N) is 4. The number of benzene rings is 2. The van der Waals surface area contributed by atoms with Gasteiger partial charge in [-0.05, 0) is 30.2 Å². The first-order valence-corrected chi connectivity index (χ1v) is 8.70. The number of hydrogen-bond donors (Lipinski definition) is 0. The van der Waals surface area contributed by atoms with Crippen LogP contribution in [0.15, 0.2) is 60.1 Å². The van der Waals surface area contributed by atoms with E-state index in [-0.39, 0.29) is 0 Å². The fraction of sp³-hybridized carbons (Fsp3) is 0.300. The number of aliphatic imine (C=N–C) groups is 1. The Balaban J connectivity index is 1.35. The van der Waals surface area contributed by atoms with Crippen LogP contribution in [0.4, 0.5) is 5.69 Å². The van der Waals surface area contributed by atoms with E-state index >= 15 is 0 Å². The highest BCUT2D eigenvalue weighted by atomic mass is 15.2. The first kappa shape index (κ1) is 13.8. The number of imidazole rings is 1. The summed E-state index contributed by atoms with van der Waals surface area (Å²) in [6, 6.07) is 13.0. The lowest BCUT2D eigenvalue weighted by Crippen LogP contribution is -2.39. The van der Waals surface area contributed by atoms with Gasteiger partial charge in [-0.15, -0.1) is 0 Å². The van der Waals surface area contributed by atoms with Gasteiger partial charge in [0.05, 0.1) is 12.0 Å². The Morgan fingerprint density at radius 1 is 1.04 bits per heavy atom. The summed E-state index contributed by atoms with van der Waals surface area (Å²) < 4.78 is 2.20. The Kier molecular flexibility index (Phi) is 3.15. The second kappa shape index (κ2) is 5.48. The van der Waals surface area contributed by atoms with E-state index in [1.807, 2.05) is 12.5 Å². The van der Waals surface area contributed by atoms with Crippen LogP contribution in [0.2, 0.25) is 0 Å². The fourth-order valence-electron chi connectivity index (χ4n) is 4.04. The largest absolute Gasteiger partial charge is 0.356 e. The quantitative estimate of drug-likeness (QED) is 0.720. The summed E-state index contributed by atoms with van der Waals surface area (Å²) in [5.41, 5.74) is 2.43. The van der Waals surface area contributed by atoms with Crippen LogP contribution in [0, 0.1) is 5.92 Å². The summed E-state index contributed by atoms with van der Waals surface area (Å²) in [6.45, 7) is 3.25. The van der Waals surface area contributed by atoms with Crippen LogP contribution in [0.1, 0.15) is 18.4 Å². The molecule has 5 rings (SSSR count). The normalized spacial score (nSPS) is 17.5. The molecule has 3 aromatic rings. The zero-order valence-corrected chi connectivity index (χ0v) is 13.6. The van der Waals surface area contributed by atoms with E-state index in [1.54, 1.807) is 0 Å². The van der Waals surface area contributed by atoms with Gasteiger partial charge in [-0.25, -0.2) is 9.98 Å². The summed E-state index contributed by atoms with van der Waals surface area (Å²) in [6.07, 6.45) is 8.27. The summed E-state index contributed by atoms with van der Waals surface area (Å²) in [5.74, 6) is 1.90. The standard InChI is InChI=1S/C20H20N4/c1-3-16-4-2-6-18-19(16)17(5-1)20(22-18)24-10-7-15(8-11-24)13-23-12-9-21-14-23/h1-6,9,12,14-15H,7-8,10-11,13H2. The molecule has 0 saturated carbocycles. The van der Waals surface area contributed by atoms with Gasteiger partial charge < -0.3 is 9.47 Å². The number of likely N-dealkylation sites (tertiary alicyclic amines) is 1. The van der Waals surface area contributed by atoms with Gasteiger partial charge in [-0.3, -0.25) is 0 Å². The van der Waals surface area contributed by atoms with E-state index in [0.717, 1.165) is 31.2 Å². The molecule has 0 bridgehead atoms. The average Bonchev–Trinajstić information content (AvgIpc) is 3.26. The van der Waals surface area contributed by atoms with Crippen molar-refractivity contribution in [1.82, 2.24) is 14.5 Å². The lowest BCUT2D eigenvalue weighted by Gasteiger charge is -2.33. The zero-order valence-electron chi connectivity index (χ0n) is 13.6. The molecule has 0 N–H and O–H groups in total. The van der Waals surface area contributed by atoms with Gasteiger partial charge in [-0.1, -0.05) is 30.3 Å². The van der Waals surface area contributed by atoms with Gasteiger partial charge in [0.25, 0.3) is 0 Å². The Labute approximate surface area is 141 Å². The van der Waals surface area contributed by atoms with E-state index in [9.17, 15) is 0 Å². The number of rotatable bonds is 2. The molecule has 2 aliphatic heterocycles. The van der Waals surface area contributed by atoms with Crippen molar-refractivity contribution in [2.24, 2.45) is 10.9 Å². The number of hydrogen-bond acceptors (Lipinski definition) is 3. The molecule has 0 aliphatic carbocycles. The molecule has 0 amide bonds. The van der Waals surface area contributed by atoms with Crippen LogP contribution < -0.4 is 0 Å². The third-order valence-electron chi connectivity index (χ3n) is 5.29. The summed E-state index contributed by atoms with van der Waals surface area (Å²) >= 11 is 0. The van der Waals surface area contributed by atoms with Crippen molar-refractivity contribution in [1.29, 1.82) is 0 Å². The minimum Gasteiger partial charge on any atom is -0.356 e. The lowest BCUT2D eigenvalue weighted by molar-refractivity contribution is 0.246. The minimum atomic E-state index is 0.732. The molecule has 0 radical (unpaired) electrons. The van der Waals surface area contributed by atoms with E-state index in [4.69, 9.17) is 4.99 Å². The van der Waals surface area contributed by atoms with E-state index in [2.05, 4.69) is 57.0 Å². The highest BCUT2D eigenvalue weighted by Crippen LogP contribution is 2.37. The lowest BCUT2D eigenvalue weighted by atomic mass is 9.95. The van der Waals surface area contributed by atoms with Crippen molar-refractivity contribution < 1.29 is 0 Å². The molecule has 0 spiro atoms. The van der Waals surface area contributed by atoms with Gasteiger partial charge in [0.15, 0.2) is 0 Å². The van der Waals surface area contributed by atoms with Crippen LogP contribution in [-0.4, -0.2) is 33.4 Å². The first-order valence-electron chi connectivity index (χ1n) is 8.70. The SMILES string of the molecule is c1cc2c3c(cccc3c1)C(N1CCC(Cn3ccnc3)CC1)=N2. The third-order valence-corrected chi connectivity index (χ3v) is 5.29. The molecular weight excluding hydrogens is 296 g/mol. The predicted octanol–water partition coefficient (Wildman–Crippen LogP) is 3.84. The van der Waals surface area contributed by atoms with Crippen molar-refractivity contribution in [3.63, 3.8) is 0 Å². The van der Waals surface area contributed by atoms with E-state index < -0.39 is 0 Å². The highest BCUT2D eigenvalue weighted by Gasteiger charge is 2.26. The van der Waals surface area contributed by atoms with Gasteiger partial charge >= 0.3 is 0 Å². The van der Waals surface area contributed by atoms with Crippen molar-refractivity contribution in [3.8, 4) is 0 Å². The van der Waals surface area contributed by atoms with Crippen LogP contribution in [0.25, 0.3) is 10.8 Å². The van der Waals surface area contributed by atoms with Gasteiger partial charge in [0.2, 0.25) is 0 Å². The van der Waals surface area contributed by atoms with Crippen molar-refractivity contribution >= 4 is 22.3 Å². The molecule has 2 aliphatic rings. The predicted molar refractivity (Wildman–Crippen MR) is 96.7 cm³/mol. The van der Waals surface area contributed by atoms with E-state index in [1.165, 1.54) is 35.0 Å². The van der Waals surface area contributed by atoms with Crippen LogP contribution in [0.3, 0.4) is 0 Å². The van der Waals surface area contributed by atoms with Gasteiger partial charge in [-0.2, -0.15) is 0 Å². The molecule has 0 unspecified atom stereocenters. The fourth-order valence-corrected chi connectivity index (χ4v) is 4.04. The van der Waals surface area contributed by atoms with E-state index in [0.29, 0.717) is 0 Å². The average molecular weight is 316 g/mol. The Hall–Kier alpha value is -2.62. The summed E-state index contributed by atoms with van der Waals surface area (Å²) in [7, 11) is 0. The molecule has 1 fully saturated rings. The topological polar surface area (TPSA) is 33.4 Å². The molecule has 1 aromatic heterocycles. The Bertz CT molecular complexity index is 897. The molecule has 0 atom stereocenters. The maximum absolute atomic E-state index is 4.95. The maximum atomic E-state index is 4.95. The molecule has 120 valence electrons. The summed E-state index contributed by atoms with van der Waals surface area (Å²) in [5, 5.41) is 2.61. The number of amidine groups is 1. The molecule has 1 saturated heterocycles. The monoisotopic (exact) mass is 316 g/mol.